The van der Waals surface area contributed by atoms with Gasteiger partial charge in [0.2, 0.25) is 0 Å². The molecule has 128 valence electrons. The number of anilines is 1. The Morgan fingerprint density at radius 3 is 2.70 bits per heavy atom. The number of nitrogens with two attached hydrogens (primary N) is 1. The van der Waals surface area contributed by atoms with Crippen molar-refractivity contribution in [2.24, 2.45) is 10.7 Å². The van der Waals surface area contributed by atoms with E-state index in [-0.39, 0.29) is 0 Å². The van der Waals surface area contributed by atoms with E-state index in [1.165, 1.54) is 26.2 Å². The summed E-state index contributed by atoms with van der Waals surface area (Å²) in [6, 6.07) is 7.68. The number of hydrogen-bond acceptors (Lipinski definition) is 4. The monoisotopic (exact) mass is 319 g/mol. The van der Waals surface area contributed by atoms with Gasteiger partial charge in [-0.2, -0.15) is 0 Å². The first kappa shape index (κ1) is 17.6. The third-order valence-corrected chi connectivity index (χ3v) is 4.13. The van der Waals surface area contributed by atoms with E-state index in [1.54, 1.807) is 7.11 Å². The lowest BCUT2D eigenvalue weighted by atomic mass is 10.2. The molecule has 2 rings (SSSR count). The Morgan fingerprint density at radius 1 is 1.22 bits per heavy atom. The summed E-state index contributed by atoms with van der Waals surface area (Å²) in [5.41, 5.74) is 6.78. The molecular formula is C17H29N5O. The summed E-state index contributed by atoms with van der Waals surface area (Å²) >= 11 is 0. The molecule has 0 aliphatic carbocycles. The maximum Gasteiger partial charge on any atom is 0.193 e. The molecule has 1 saturated heterocycles. The minimum Gasteiger partial charge on any atom is -0.495 e. The van der Waals surface area contributed by atoms with Gasteiger partial charge >= 0.3 is 0 Å². The van der Waals surface area contributed by atoms with Crippen molar-refractivity contribution < 1.29 is 4.74 Å². The minimum absolute atomic E-state index is 0.439. The van der Waals surface area contributed by atoms with Gasteiger partial charge in [0.1, 0.15) is 5.75 Å². The zero-order valence-corrected chi connectivity index (χ0v) is 14.3. The third-order valence-electron chi connectivity index (χ3n) is 4.13. The summed E-state index contributed by atoms with van der Waals surface area (Å²) < 4.78 is 5.28. The normalized spacial score (nSPS) is 17.2. The van der Waals surface area contributed by atoms with Crippen LogP contribution in [0, 0.1) is 0 Å². The van der Waals surface area contributed by atoms with Crippen molar-refractivity contribution in [2.75, 3.05) is 58.7 Å². The lowest BCUT2D eigenvalue weighted by molar-refractivity contribution is 0.152. The van der Waals surface area contributed by atoms with Crippen LogP contribution in [0.25, 0.3) is 0 Å². The van der Waals surface area contributed by atoms with Crippen LogP contribution in [0.2, 0.25) is 0 Å². The number of guanidine groups is 1. The standard InChI is InChI=1S/C17H29N5O/c1-21-11-13-22(14-12-21)10-6-5-9-19-17(18)20-15-7-3-4-8-16(15)23-2/h3-4,7-8H,5-6,9-14H2,1-2H3,(H3,18,19,20). The van der Waals surface area contributed by atoms with E-state index in [9.17, 15) is 0 Å². The summed E-state index contributed by atoms with van der Waals surface area (Å²) in [5, 5.41) is 3.09. The predicted molar refractivity (Wildman–Crippen MR) is 96.3 cm³/mol. The molecule has 6 heteroatoms. The van der Waals surface area contributed by atoms with Crippen LogP contribution in [0.15, 0.2) is 29.3 Å². The van der Waals surface area contributed by atoms with Crippen molar-refractivity contribution in [1.82, 2.24) is 9.80 Å². The Bertz CT molecular complexity index is 498. The minimum atomic E-state index is 0.439. The molecule has 1 aliphatic heterocycles. The van der Waals surface area contributed by atoms with Crippen LogP contribution < -0.4 is 15.8 Å². The summed E-state index contributed by atoms with van der Waals surface area (Å²) in [7, 11) is 3.83. The fourth-order valence-corrected chi connectivity index (χ4v) is 2.64. The fourth-order valence-electron chi connectivity index (χ4n) is 2.64. The molecule has 0 unspecified atom stereocenters. The number of nitrogens with one attached hydrogen (secondary N) is 1. The number of piperazine rings is 1. The predicted octanol–water partition coefficient (Wildman–Crippen LogP) is 1.45. The fraction of sp³-hybridized carbons (Fsp3) is 0.588. The maximum absolute atomic E-state index is 5.94. The Labute approximate surface area is 139 Å². The van der Waals surface area contributed by atoms with Crippen LogP contribution >= 0.6 is 0 Å². The second-order valence-electron chi connectivity index (χ2n) is 5.94. The zero-order chi connectivity index (χ0) is 16.5. The van der Waals surface area contributed by atoms with E-state index in [0.717, 1.165) is 37.4 Å². The van der Waals surface area contributed by atoms with Crippen molar-refractivity contribution in [3.8, 4) is 5.75 Å². The molecule has 0 aromatic heterocycles. The number of para-hydroxylation sites is 2. The highest BCUT2D eigenvalue weighted by Gasteiger charge is 2.12. The number of methoxy groups -OCH3 is 1. The summed E-state index contributed by atoms with van der Waals surface area (Å²) in [6.07, 6.45) is 2.22. The van der Waals surface area contributed by atoms with Crippen LogP contribution in [-0.2, 0) is 0 Å². The highest BCUT2D eigenvalue weighted by atomic mass is 16.5. The number of ether oxygens (including phenoxy) is 1. The van der Waals surface area contributed by atoms with Crippen molar-refractivity contribution in [3.05, 3.63) is 24.3 Å². The number of benzene rings is 1. The van der Waals surface area contributed by atoms with Crippen LogP contribution in [0.4, 0.5) is 5.69 Å². The molecule has 0 bridgehead atoms. The highest BCUT2D eigenvalue weighted by Crippen LogP contribution is 2.22. The van der Waals surface area contributed by atoms with Gasteiger partial charge in [-0.1, -0.05) is 12.1 Å². The average Bonchev–Trinajstić information content (AvgIpc) is 2.57. The van der Waals surface area contributed by atoms with E-state index in [1.807, 2.05) is 24.3 Å². The van der Waals surface area contributed by atoms with Crippen LogP contribution in [0.5, 0.6) is 5.75 Å². The Hall–Kier alpha value is -1.79. The van der Waals surface area contributed by atoms with Crippen molar-refractivity contribution in [2.45, 2.75) is 12.8 Å². The second-order valence-corrected chi connectivity index (χ2v) is 5.94. The molecule has 23 heavy (non-hydrogen) atoms. The van der Waals surface area contributed by atoms with Gasteiger partial charge in [-0.05, 0) is 38.6 Å². The van der Waals surface area contributed by atoms with Gasteiger partial charge in [0.05, 0.1) is 12.8 Å². The molecule has 6 nitrogen and oxygen atoms in total. The lowest BCUT2D eigenvalue weighted by Gasteiger charge is -2.32. The van der Waals surface area contributed by atoms with E-state index >= 15 is 0 Å². The molecule has 0 saturated carbocycles. The van der Waals surface area contributed by atoms with Crippen LogP contribution in [0.1, 0.15) is 12.8 Å². The second kappa shape index (κ2) is 9.37. The molecule has 1 aromatic rings. The molecule has 1 aliphatic rings. The molecular weight excluding hydrogens is 290 g/mol. The molecule has 0 radical (unpaired) electrons. The Morgan fingerprint density at radius 2 is 1.96 bits per heavy atom. The maximum atomic E-state index is 5.94. The smallest absolute Gasteiger partial charge is 0.193 e. The Balaban J connectivity index is 1.65. The van der Waals surface area contributed by atoms with Gasteiger partial charge in [-0.3, -0.25) is 4.99 Å². The number of rotatable bonds is 7. The van der Waals surface area contributed by atoms with Gasteiger partial charge in [0.15, 0.2) is 5.96 Å². The quantitative estimate of drug-likeness (QED) is 0.452. The van der Waals surface area contributed by atoms with E-state index in [4.69, 9.17) is 10.5 Å². The summed E-state index contributed by atoms with van der Waals surface area (Å²) in [4.78, 5) is 9.30. The molecule has 1 heterocycles. The van der Waals surface area contributed by atoms with Gasteiger partial charge in [-0.15, -0.1) is 0 Å². The third kappa shape index (κ3) is 6.08. The van der Waals surface area contributed by atoms with E-state index in [0.29, 0.717) is 5.96 Å². The number of likely N-dealkylation sites (N-methyl/N-ethyl adjacent to an activating group) is 1. The first-order valence-electron chi connectivity index (χ1n) is 8.30. The average molecular weight is 319 g/mol. The van der Waals surface area contributed by atoms with Crippen molar-refractivity contribution in [3.63, 3.8) is 0 Å². The van der Waals surface area contributed by atoms with Gasteiger partial charge < -0.3 is 25.6 Å². The molecule has 1 fully saturated rings. The summed E-state index contributed by atoms with van der Waals surface area (Å²) in [6.45, 7) is 6.61. The molecule has 0 spiro atoms. The number of nitrogens with zero attached hydrogens (tertiary/aromatic N) is 3. The van der Waals surface area contributed by atoms with Crippen molar-refractivity contribution in [1.29, 1.82) is 0 Å². The van der Waals surface area contributed by atoms with Gasteiger partial charge in [0, 0.05) is 32.7 Å². The first-order valence-corrected chi connectivity index (χ1v) is 8.30. The van der Waals surface area contributed by atoms with Crippen molar-refractivity contribution >= 4 is 11.6 Å². The molecule has 0 amide bonds. The summed E-state index contributed by atoms with van der Waals surface area (Å²) in [5.74, 6) is 1.20. The van der Waals surface area contributed by atoms with Crippen LogP contribution in [-0.4, -0.2) is 69.2 Å². The molecule has 1 aromatic carbocycles. The van der Waals surface area contributed by atoms with Crippen LogP contribution in [0.3, 0.4) is 0 Å². The zero-order valence-electron chi connectivity index (χ0n) is 14.3. The topological polar surface area (TPSA) is 66.1 Å². The largest absolute Gasteiger partial charge is 0.495 e. The molecule has 3 N–H and O–H groups in total. The number of unbranched alkanes of at least 4 members (excludes halogenated alkanes) is 1. The van der Waals surface area contributed by atoms with E-state index < -0.39 is 0 Å². The SMILES string of the molecule is COc1ccccc1NC(N)=NCCCCN1CCN(C)CC1. The molecule has 0 atom stereocenters. The number of hydrogen-bond donors (Lipinski definition) is 2. The Kier molecular flexibility index (Phi) is 7.16. The highest BCUT2D eigenvalue weighted by molar-refractivity contribution is 5.93. The first-order chi connectivity index (χ1) is 11.2. The van der Waals surface area contributed by atoms with E-state index in [2.05, 4.69) is 27.2 Å². The lowest BCUT2D eigenvalue weighted by Crippen LogP contribution is -2.44. The van der Waals surface area contributed by atoms with Gasteiger partial charge in [0.25, 0.3) is 0 Å². The van der Waals surface area contributed by atoms with Gasteiger partial charge in [-0.25, -0.2) is 0 Å². The number of aliphatic imine (C=N–C) groups is 1.